The van der Waals surface area contributed by atoms with Crippen molar-refractivity contribution in [3.63, 3.8) is 0 Å². The fraction of sp³-hybridized carbons (Fsp3) is 0.267. The molecule has 2 heterocycles. The molecule has 1 aliphatic rings. The fourth-order valence-corrected chi connectivity index (χ4v) is 2.48. The van der Waals surface area contributed by atoms with Crippen LogP contribution in [0.4, 0.5) is 11.5 Å². The highest BCUT2D eigenvalue weighted by Crippen LogP contribution is 2.36. The molecule has 0 bridgehead atoms. The van der Waals surface area contributed by atoms with Crippen molar-refractivity contribution in [1.29, 1.82) is 0 Å². The van der Waals surface area contributed by atoms with E-state index in [-0.39, 0.29) is 10.6 Å². The molecule has 0 aliphatic carbocycles. The Morgan fingerprint density at radius 3 is 2.52 bits per heavy atom. The zero-order chi connectivity index (χ0) is 14.7. The second-order valence-electron chi connectivity index (χ2n) is 4.75. The van der Waals surface area contributed by atoms with Crippen molar-refractivity contribution in [2.45, 2.75) is 0 Å². The molecule has 108 valence electrons. The van der Waals surface area contributed by atoms with Gasteiger partial charge >= 0.3 is 5.69 Å². The van der Waals surface area contributed by atoms with Crippen LogP contribution in [0.1, 0.15) is 0 Å². The van der Waals surface area contributed by atoms with E-state index in [4.69, 9.17) is 4.74 Å². The molecule has 2 aromatic rings. The molecule has 1 aromatic carbocycles. The number of nitrogens with zero attached hydrogens (tertiary/aromatic N) is 3. The van der Waals surface area contributed by atoms with Crippen LogP contribution in [0.5, 0.6) is 0 Å². The third kappa shape index (κ3) is 2.71. The van der Waals surface area contributed by atoms with E-state index in [2.05, 4.69) is 4.98 Å². The lowest BCUT2D eigenvalue weighted by Crippen LogP contribution is -2.37. The molecule has 0 amide bonds. The summed E-state index contributed by atoms with van der Waals surface area (Å²) in [6.07, 6.45) is 1.63. The minimum Gasteiger partial charge on any atom is -0.378 e. The number of ether oxygens (including phenoxy) is 1. The van der Waals surface area contributed by atoms with Gasteiger partial charge in [0, 0.05) is 19.3 Å². The van der Waals surface area contributed by atoms with E-state index < -0.39 is 0 Å². The smallest absolute Gasteiger partial charge is 0.319 e. The van der Waals surface area contributed by atoms with Crippen molar-refractivity contribution in [2.24, 2.45) is 0 Å². The maximum Gasteiger partial charge on any atom is 0.319 e. The highest BCUT2D eigenvalue weighted by atomic mass is 16.6. The van der Waals surface area contributed by atoms with Crippen LogP contribution >= 0.6 is 0 Å². The lowest BCUT2D eigenvalue weighted by Gasteiger charge is -2.27. The Morgan fingerprint density at radius 2 is 1.86 bits per heavy atom. The van der Waals surface area contributed by atoms with E-state index >= 15 is 0 Å². The Hall–Kier alpha value is -2.47. The van der Waals surface area contributed by atoms with Crippen LogP contribution in [0.3, 0.4) is 0 Å². The predicted octanol–water partition coefficient (Wildman–Crippen LogP) is 2.49. The monoisotopic (exact) mass is 285 g/mol. The van der Waals surface area contributed by atoms with E-state index in [0.717, 1.165) is 5.56 Å². The van der Waals surface area contributed by atoms with Crippen LogP contribution in [-0.4, -0.2) is 36.2 Å². The fourth-order valence-electron chi connectivity index (χ4n) is 2.48. The molecule has 1 aliphatic heterocycles. The number of anilines is 1. The largest absolute Gasteiger partial charge is 0.378 e. The number of nitro groups is 1. The van der Waals surface area contributed by atoms with Crippen molar-refractivity contribution in [3.8, 4) is 11.1 Å². The molecular weight excluding hydrogens is 270 g/mol. The van der Waals surface area contributed by atoms with Gasteiger partial charge in [0.25, 0.3) is 0 Å². The van der Waals surface area contributed by atoms with Crippen molar-refractivity contribution < 1.29 is 9.66 Å². The van der Waals surface area contributed by atoms with Gasteiger partial charge in [-0.15, -0.1) is 0 Å². The topological polar surface area (TPSA) is 68.5 Å². The molecular formula is C15H15N3O3. The molecule has 6 nitrogen and oxygen atoms in total. The number of hydrogen-bond donors (Lipinski definition) is 0. The molecule has 0 atom stereocenters. The summed E-state index contributed by atoms with van der Waals surface area (Å²) in [5, 5.41) is 11.6. The number of hydrogen-bond acceptors (Lipinski definition) is 5. The van der Waals surface area contributed by atoms with Gasteiger partial charge < -0.3 is 9.64 Å². The summed E-state index contributed by atoms with van der Waals surface area (Å²) in [4.78, 5) is 17.4. The van der Waals surface area contributed by atoms with Gasteiger partial charge in [0.15, 0.2) is 0 Å². The predicted molar refractivity (Wildman–Crippen MR) is 79.4 cm³/mol. The van der Waals surface area contributed by atoms with E-state index in [1.165, 1.54) is 0 Å². The number of morpholine rings is 1. The van der Waals surface area contributed by atoms with Gasteiger partial charge in [-0.25, -0.2) is 4.98 Å². The third-order valence-corrected chi connectivity index (χ3v) is 3.48. The molecule has 0 unspecified atom stereocenters. The van der Waals surface area contributed by atoms with Crippen LogP contribution < -0.4 is 4.90 Å². The molecule has 1 fully saturated rings. The summed E-state index contributed by atoms with van der Waals surface area (Å²) in [6.45, 7) is 2.36. The molecule has 1 aromatic heterocycles. The Morgan fingerprint density at radius 1 is 1.14 bits per heavy atom. The first-order chi connectivity index (χ1) is 10.3. The number of benzene rings is 1. The van der Waals surface area contributed by atoms with Crippen LogP contribution in [0.2, 0.25) is 0 Å². The second kappa shape index (κ2) is 5.88. The summed E-state index contributed by atoms with van der Waals surface area (Å²) in [5.74, 6) is 0.421. The second-order valence-corrected chi connectivity index (χ2v) is 4.75. The van der Waals surface area contributed by atoms with E-state index in [1.807, 2.05) is 35.2 Å². The van der Waals surface area contributed by atoms with Gasteiger partial charge in [-0.2, -0.15) is 0 Å². The molecule has 6 heteroatoms. The summed E-state index contributed by atoms with van der Waals surface area (Å²) in [6, 6.07) is 11.1. The lowest BCUT2D eigenvalue weighted by atomic mass is 10.0. The first-order valence-electron chi connectivity index (χ1n) is 6.79. The Labute approximate surface area is 122 Å². The van der Waals surface area contributed by atoms with Gasteiger partial charge in [-0.1, -0.05) is 30.3 Å². The Kier molecular flexibility index (Phi) is 3.79. The highest BCUT2D eigenvalue weighted by molar-refractivity contribution is 5.80. The minimum atomic E-state index is -0.347. The van der Waals surface area contributed by atoms with E-state index in [0.29, 0.717) is 37.7 Å². The molecule has 0 saturated carbocycles. The van der Waals surface area contributed by atoms with Crippen molar-refractivity contribution in [2.75, 3.05) is 31.2 Å². The summed E-state index contributed by atoms with van der Waals surface area (Å²) in [5.41, 5.74) is 1.48. The number of rotatable bonds is 3. The average Bonchev–Trinajstić information content (AvgIpc) is 2.55. The standard InChI is InChI=1S/C15H15N3O3/c19-18(20)14-13(12-4-2-1-3-5-12)6-7-16-15(14)17-8-10-21-11-9-17/h1-7H,8-11H2. The van der Waals surface area contributed by atoms with Crippen LogP contribution in [0.25, 0.3) is 11.1 Å². The van der Waals surface area contributed by atoms with Crippen molar-refractivity contribution in [3.05, 3.63) is 52.7 Å². The van der Waals surface area contributed by atoms with E-state index in [9.17, 15) is 10.1 Å². The number of aromatic nitrogens is 1. The normalized spacial score (nSPS) is 15.0. The van der Waals surface area contributed by atoms with Gasteiger partial charge in [-0.3, -0.25) is 10.1 Å². The minimum absolute atomic E-state index is 0.0607. The van der Waals surface area contributed by atoms with Crippen LogP contribution in [0, 0.1) is 10.1 Å². The average molecular weight is 285 g/mol. The molecule has 21 heavy (non-hydrogen) atoms. The van der Waals surface area contributed by atoms with E-state index in [1.54, 1.807) is 12.3 Å². The highest BCUT2D eigenvalue weighted by Gasteiger charge is 2.27. The van der Waals surface area contributed by atoms with Crippen molar-refractivity contribution >= 4 is 11.5 Å². The first-order valence-corrected chi connectivity index (χ1v) is 6.79. The summed E-state index contributed by atoms with van der Waals surface area (Å²) >= 11 is 0. The van der Waals surface area contributed by atoms with Gasteiger partial charge in [0.1, 0.15) is 0 Å². The molecule has 3 rings (SSSR count). The third-order valence-electron chi connectivity index (χ3n) is 3.48. The number of pyridine rings is 1. The first kappa shape index (κ1) is 13.5. The zero-order valence-electron chi connectivity index (χ0n) is 11.4. The Balaban J connectivity index is 2.11. The van der Waals surface area contributed by atoms with Gasteiger partial charge in [-0.05, 0) is 11.6 Å². The summed E-state index contributed by atoms with van der Waals surface area (Å²) in [7, 11) is 0. The zero-order valence-corrected chi connectivity index (χ0v) is 11.4. The summed E-state index contributed by atoms with van der Waals surface area (Å²) < 4.78 is 5.30. The van der Waals surface area contributed by atoms with Crippen LogP contribution in [-0.2, 0) is 4.74 Å². The van der Waals surface area contributed by atoms with Gasteiger partial charge in [0.05, 0.1) is 23.7 Å². The maximum atomic E-state index is 11.6. The molecule has 0 spiro atoms. The lowest BCUT2D eigenvalue weighted by molar-refractivity contribution is -0.383. The maximum absolute atomic E-state index is 11.6. The van der Waals surface area contributed by atoms with Crippen LogP contribution in [0.15, 0.2) is 42.6 Å². The quantitative estimate of drug-likeness (QED) is 0.640. The molecule has 0 radical (unpaired) electrons. The molecule has 0 N–H and O–H groups in total. The SMILES string of the molecule is O=[N+]([O-])c1c(-c2ccccc2)ccnc1N1CCOCC1. The Bertz CT molecular complexity index is 640. The van der Waals surface area contributed by atoms with Crippen molar-refractivity contribution in [1.82, 2.24) is 4.98 Å². The molecule has 1 saturated heterocycles. The van der Waals surface area contributed by atoms with Gasteiger partial charge in [0.2, 0.25) is 5.82 Å².